The van der Waals surface area contributed by atoms with Crippen molar-refractivity contribution in [3.63, 3.8) is 0 Å². The Morgan fingerprint density at radius 1 is 0.971 bits per heavy atom. The Kier molecular flexibility index (Phi) is 8.33. The topological polar surface area (TPSA) is 38.8 Å². The van der Waals surface area contributed by atoms with Gasteiger partial charge in [0.15, 0.2) is 0 Å². The van der Waals surface area contributed by atoms with Crippen LogP contribution in [-0.2, 0) is 24.1 Å². The third-order valence-electron chi connectivity index (χ3n) is 5.12. The van der Waals surface area contributed by atoms with Crippen LogP contribution < -0.4 is 4.74 Å². The predicted octanol–water partition coefficient (Wildman–Crippen LogP) is 7.85. The molecule has 9 heteroatoms. The minimum absolute atomic E-state index is 0.0857. The summed E-state index contributed by atoms with van der Waals surface area (Å²) >= 11 is 12.0. The molecule has 0 saturated heterocycles. The van der Waals surface area contributed by atoms with E-state index in [0.717, 1.165) is 12.1 Å². The van der Waals surface area contributed by atoms with Gasteiger partial charge in [-0.15, -0.1) is 0 Å². The van der Waals surface area contributed by atoms with Gasteiger partial charge in [0.25, 0.3) is 0 Å². The van der Waals surface area contributed by atoms with E-state index < -0.39 is 17.8 Å². The summed E-state index contributed by atoms with van der Waals surface area (Å²) in [5.74, 6) is 0.506. The molecule has 0 spiro atoms. The Balaban J connectivity index is 1.90. The van der Waals surface area contributed by atoms with Crippen LogP contribution >= 0.6 is 23.2 Å². The van der Waals surface area contributed by atoms with E-state index in [1.807, 2.05) is 0 Å². The zero-order chi connectivity index (χ0) is 24.9. The first-order valence-corrected chi connectivity index (χ1v) is 11.1. The van der Waals surface area contributed by atoms with Crippen molar-refractivity contribution in [3.05, 3.63) is 87.4 Å². The predicted molar refractivity (Wildman–Crippen MR) is 126 cm³/mol. The Labute approximate surface area is 205 Å². The van der Waals surface area contributed by atoms with Gasteiger partial charge in [-0.25, -0.2) is 4.79 Å². The van der Waals surface area contributed by atoms with Crippen LogP contribution in [-0.4, -0.2) is 24.6 Å². The number of carbonyl (C=O) groups is 1. The Bertz CT molecular complexity index is 1150. The van der Waals surface area contributed by atoms with Gasteiger partial charge in [0, 0.05) is 28.7 Å². The van der Waals surface area contributed by atoms with E-state index in [4.69, 9.17) is 32.7 Å². The highest BCUT2D eigenvalue weighted by Crippen LogP contribution is 2.37. The molecule has 0 radical (unpaired) electrons. The monoisotopic (exact) mass is 511 g/mol. The highest BCUT2D eigenvalue weighted by molar-refractivity contribution is 6.34. The Morgan fingerprint density at radius 3 is 2.26 bits per heavy atom. The second-order valence-corrected chi connectivity index (χ2v) is 8.29. The van der Waals surface area contributed by atoms with Crippen LogP contribution in [0.25, 0.3) is 11.1 Å². The average Bonchev–Trinajstić information content (AvgIpc) is 2.79. The highest BCUT2D eigenvalue weighted by atomic mass is 35.5. The third kappa shape index (κ3) is 6.36. The molecule has 0 aliphatic carbocycles. The molecule has 0 heterocycles. The minimum atomic E-state index is -4.53. The molecule has 0 atom stereocenters. The van der Waals surface area contributed by atoms with Crippen LogP contribution in [0.3, 0.4) is 0 Å². The van der Waals surface area contributed by atoms with E-state index in [2.05, 4.69) is 0 Å². The van der Waals surface area contributed by atoms with Crippen molar-refractivity contribution in [1.82, 2.24) is 4.90 Å². The van der Waals surface area contributed by atoms with E-state index in [1.165, 1.54) is 18.1 Å². The summed E-state index contributed by atoms with van der Waals surface area (Å²) in [5, 5.41) is 0.799. The Morgan fingerprint density at radius 2 is 1.65 bits per heavy atom. The molecular weight excluding hydrogens is 490 g/mol. The van der Waals surface area contributed by atoms with Crippen LogP contribution in [0.2, 0.25) is 10.0 Å². The second kappa shape index (κ2) is 11.0. The standard InChI is InChI=1S/C25H22Cl2F3NO3/c1-3-31(24(32)34-15-16-10-19(26)13-20(27)11-16)14-17-12-18(25(28,29)30)8-9-21(17)22-6-4-5-7-23(22)33-2/h4-13H,3,14-15H2,1-2H3. The normalized spacial score (nSPS) is 11.3. The molecule has 0 saturated carbocycles. The molecular formula is C25H22Cl2F3NO3. The maximum absolute atomic E-state index is 13.4. The van der Waals surface area contributed by atoms with Crippen molar-refractivity contribution in [1.29, 1.82) is 0 Å². The second-order valence-electron chi connectivity index (χ2n) is 7.42. The summed E-state index contributed by atoms with van der Waals surface area (Å²) in [6, 6.07) is 15.2. The zero-order valence-corrected chi connectivity index (χ0v) is 20.0. The van der Waals surface area contributed by atoms with Gasteiger partial charge in [0.05, 0.1) is 12.7 Å². The molecule has 0 aliphatic heterocycles. The quantitative estimate of drug-likeness (QED) is 0.324. The zero-order valence-electron chi connectivity index (χ0n) is 18.5. The first kappa shape index (κ1) is 25.7. The lowest BCUT2D eigenvalue weighted by Gasteiger charge is -2.23. The van der Waals surface area contributed by atoms with Gasteiger partial charge in [-0.1, -0.05) is 47.5 Å². The van der Waals surface area contributed by atoms with Gasteiger partial charge in [-0.3, -0.25) is 0 Å². The maximum atomic E-state index is 13.4. The van der Waals surface area contributed by atoms with E-state index >= 15 is 0 Å². The van der Waals surface area contributed by atoms with Crippen molar-refractivity contribution in [3.8, 4) is 16.9 Å². The lowest BCUT2D eigenvalue weighted by Crippen LogP contribution is -2.31. The molecule has 34 heavy (non-hydrogen) atoms. The van der Waals surface area contributed by atoms with Crippen molar-refractivity contribution < 1.29 is 27.4 Å². The number of nitrogens with zero attached hydrogens (tertiary/aromatic N) is 1. The van der Waals surface area contributed by atoms with Crippen LogP contribution in [0.5, 0.6) is 5.75 Å². The molecule has 1 amide bonds. The first-order chi connectivity index (χ1) is 16.1. The number of amides is 1. The number of ether oxygens (including phenoxy) is 2. The SMILES string of the molecule is CCN(Cc1cc(C(F)(F)F)ccc1-c1ccccc1OC)C(=O)OCc1cc(Cl)cc(Cl)c1. The number of halogens is 5. The van der Waals surface area contributed by atoms with Gasteiger partial charge in [0.2, 0.25) is 0 Å². The van der Waals surface area contributed by atoms with Crippen LogP contribution in [0.15, 0.2) is 60.7 Å². The summed E-state index contributed by atoms with van der Waals surface area (Å²) in [5.41, 5.74) is 1.24. The summed E-state index contributed by atoms with van der Waals surface area (Å²) in [4.78, 5) is 14.1. The van der Waals surface area contributed by atoms with Crippen molar-refractivity contribution in [2.24, 2.45) is 0 Å². The fraction of sp³-hybridized carbons (Fsp3) is 0.240. The van der Waals surface area contributed by atoms with Gasteiger partial charge in [-0.05, 0) is 60.0 Å². The number of alkyl halides is 3. The van der Waals surface area contributed by atoms with Gasteiger partial charge in [0.1, 0.15) is 12.4 Å². The molecule has 0 fully saturated rings. The molecule has 3 rings (SSSR count). The van der Waals surface area contributed by atoms with Crippen LogP contribution in [0.1, 0.15) is 23.6 Å². The lowest BCUT2D eigenvalue weighted by molar-refractivity contribution is -0.137. The van der Waals surface area contributed by atoms with Gasteiger partial charge < -0.3 is 14.4 Å². The summed E-state index contributed by atoms with van der Waals surface area (Å²) < 4.78 is 51.1. The molecule has 180 valence electrons. The average molecular weight is 512 g/mol. The van der Waals surface area contributed by atoms with Gasteiger partial charge in [-0.2, -0.15) is 13.2 Å². The summed E-state index contributed by atoms with van der Waals surface area (Å²) in [7, 11) is 1.49. The highest BCUT2D eigenvalue weighted by Gasteiger charge is 2.31. The molecule has 0 aliphatic rings. The van der Waals surface area contributed by atoms with E-state index in [0.29, 0.717) is 38.0 Å². The molecule has 3 aromatic rings. The summed E-state index contributed by atoms with van der Waals surface area (Å²) in [6.45, 7) is 1.76. The molecule has 4 nitrogen and oxygen atoms in total. The molecule has 0 N–H and O–H groups in total. The molecule has 3 aromatic carbocycles. The number of benzene rings is 3. The molecule has 0 aromatic heterocycles. The largest absolute Gasteiger partial charge is 0.496 e. The van der Waals surface area contributed by atoms with Crippen LogP contribution in [0.4, 0.5) is 18.0 Å². The van der Waals surface area contributed by atoms with E-state index in [9.17, 15) is 18.0 Å². The van der Waals surface area contributed by atoms with E-state index in [1.54, 1.807) is 49.4 Å². The van der Waals surface area contributed by atoms with Crippen molar-refractivity contribution >= 4 is 29.3 Å². The number of hydrogen-bond acceptors (Lipinski definition) is 3. The summed E-state index contributed by atoms with van der Waals surface area (Å²) in [6.07, 6.45) is -5.21. The number of methoxy groups -OCH3 is 1. The fourth-order valence-corrected chi connectivity index (χ4v) is 4.04. The number of para-hydroxylation sites is 1. The van der Waals surface area contributed by atoms with E-state index in [-0.39, 0.29) is 19.7 Å². The minimum Gasteiger partial charge on any atom is -0.496 e. The van der Waals surface area contributed by atoms with Crippen LogP contribution in [0, 0.1) is 0 Å². The Hall–Kier alpha value is -2.90. The van der Waals surface area contributed by atoms with Crippen molar-refractivity contribution in [2.75, 3.05) is 13.7 Å². The van der Waals surface area contributed by atoms with Gasteiger partial charge >= 0.3 is 12.3 Å². The number of carbonyl (C=O) groups excluding carboxylic acids is 1. The molecule has 0 bridgehead atoms. The first-order valence-electron chi connectivity index (χ1n) is 10.3. The smallest absolute Gasteiger partial charge is 0.416 e. The molecule has 0 unspecified atom stereocenters. The third-order valence-corrected chi connectivity index (χ3v) is 5.55. The lowest BCUT2D eigenvalue weighted by atomic mass is 9.96. The van der Waals surface area contributed by atoms with Crippen molar-refractivity contribution in [2.45, 2.75) is 26.3 Å². The number of hydrogen-bond donors (Lipinski definition) is 0. The maximum Gasteiger partial charge on any atom is 0.416 e. The fourth-order valence-electron chi connectivity index (χ4n) is 3.47. The number of rotatable bonds is 7.